The number of amides is 1. The number of carbonyl (C=O) groups is 1. The lowest BCUT2D eigenvalue weighted by molar-refractivity contribution is 0.102. The zero-order chi connectivity index (χ0) is 12.4. The number of nitrogen functional groups attached to an aromatic ring is 1. The highest BCUT2D eigenvalue weighted by Crippen LogP contribution is 2.30. The van der Waals surface area contributed by atoms with Gasteiger partial charge in [-0.3, -0.25) is 4.79 Å². The van der Waals surface area contributed by atoms with E-state index in [0.717, 1.165) is 0 Å². The van der Waals surface area contributed by atoms with E-state index in [2.05, 4.69) is 10.3 Å². The van der Waals surface area contributed by atoms with Gasteiger partial charge in [-0.2, -0.15) is 0 Å². The molecule has 0 bridgehead atoms. The molecule has 0 aliphatic rings. The van der Waals surface area contributed by atoms with Gasteiger partial charge in [-0.25, -0.2) is 0 Å². The molecule has 2 rings (SSSR count). The quantitative estimate of drug-likeness (QED) is 0.784. The maximum atomic E-state index is 11.8. The number of nitrogens with one attached hydrogen (secondary N) is 2. The lowest BCUT2D eigenvalue weighted by Crippen LogP contribution is -2.12. The molecule has 6 heteroatoms. The number of aromatic nitrogens is 1. The van der Waals surface area contributed by atoms with Crippen LogP contribution in [0.25, 0.3) is 0 Å². The van der Waals surface area contributed by atoms with Gasteiger partial charge < -0.3 is 16.0 Å². The van der Waals surface area contributed by atoms with Crippen LogP contribution in [0.4, 0.5) is 11.4 Å². The SMILES string of the molecule is Nc1c[nH]c(C(=O)Nc2c(Cl)cccc2Cl)c1. The number of H-pyrrole nitrogens is 1. The normalized spacial score (nSPS) is 10.2. The first kappa shape index (κ1) is 11.8. The van der Waals surface area contributed by atoms with Crippen molar-refractivity contribution in [2.45, 2.75) is 0 Å². The first-order valence-corrected chi connectivity index (χ1v) is 5.53. The third-order valence-electron chi connectivity index (χ3n) is 2.15. The summed E-state index contributed by atoms with van der Waals surface area (Å²) >= 11 is 11.9. The molecule has 0 radical (unpaired) electrons. The second-order valence-corrected chi connectivity index (χ2v) is 4.21. The highest BCUT2D eigenvalue weighted by atomic mass is 35.5. The number of hydrogen-bond donors (Lipinski definition) is 3. The summed E-state index contributed by atoms with van der Waals surface area (Å²) in [4.78, 5) is 14.6. The number of rotatable bonds is 2. The average molecular weight is 270 g/mol. The van der Waals surface area contributed by atoms with Crippen LogP contribution in [0.15, 0.2) is 30.5 Å². The van der Waals surface area contributed by atoms with E-state index in [9.17, 15) is 4.79 Å². The monoisotopic (exact) mass is 269 g/mol. The number of carbonyl (C=O) groups excluding carboxylic acids is 1. The Bertz CT molecular complexity index is 545. The van der Waals surface area contributed by atoms with E-state index in [1.54, 1.807) is 18.2 Å². The molecular weight excluding hydrogens is 261 g/mol. The second-order valence-electron chi connectivity index (χ2n) is 3.40. The number of para-hydroxylation sites is 1. The van der Waals surface area contributed by atoms with Crippen LogP contribution in [0.1, 0.15) is 10.5 Å². The van der Waals surface area contributed by atoms with Crippen LogP contribution in [-0.4, -0.2) is 10.9 Å². The summed E-state index contributed by atoms with van der Waals surface area (Å²) in [6, 6.07) is 6.52. The number of nitrogens with two attached hydrogens (primary N) is 1. The van der Waals surface area contributed by atoms with Crippen molar-refractivity contribution in [2.75, 3.05) is 11.1 Å². The molecule has 0 saturated heterocycles. The van der Waals surface area contributed by atoms with E-state index in [0.29, 0.717) is 27.1 Å². The molecule has 1 aromatic heterocycles. The topological polar surface area (TPSA) is 70.9 Å². The fraction of sp³-hybridized carbons (Fsp3) is 0. The van der Waals surface area contributed by atoms with Gasteiger partial charge >= 0.3 is 0 Å². The molecule has 4 N–H and O–H groups in total. The predicted molar refractivity (Wildman–Crippen MR) is 69.6 cm³/mol. The number of anilines is 2. The van der Waals surface area contributed by atoms with Gasteiger partial charge in [0.25, 0.3) is 5.91 Å². The van der Waals surface area contributed by atoms with Gasteiger partial charge in [0.2, 0.25) is 0 Å². The van der Waals surface area contributed by atoms with Gasteiger partial charge in [0.15, 0.2) is 0 Å². The van der Waals surface area contributed by atoms with Crippen molar-refractivity contribution < 1.29 is 4.79 Å². The third kappa shape index (κ3) is 2.54. The summed E-state index contributed by atoms with van der Waals surface area (Å²) in [7, 11) is 0. The molecule has 1 amide bonds. The van der Waals surface area contributed by atoms with Crippen LogP contribution in [-0.2, 0) is 0 Å². The summed E-state index contributed by atoms with van der Waals surface area (Å²) in [6.45, 7) is 0. The molecule has 0 aliphatic carbocycles. The highest BCUT2D eigenvalue weighted by molar-refractivity contribution is 6.40. The Morgan fingerprint density at radius 2 is 1.94 bits per heavy atom. The number of benzene rings is 1. The Morgan fingerprint density at radius 1 is 1.29 bits per heavy atom. The molecule has 17 heavy (non-hydrogen) atoms. The van der Waals surface area contributed by atoms with Crippen LogP contribution in [0.3, 0.4) is 0 Å². The Balaban J connectivity index is 2.24. The lowest BCUT2D eigenvalue weighted by Gasteiger charge is -2.07. The molecule has 4 nitrogen and oxygen atoms in total. The largest absolute Gasteiger partial charge is 0.397 e. The molecule has 88 valence electrons. The Morgan fingerprint density at radius 3 is 2.47 bits per heavy atom. The lowest BCUT2D eigenvalue weighted by atomic mass is 10.3. The van der Waals surface area contributed by atoms with Gasteiger partial charge in [0, 0.05) is 11.9 Å². The summed E-state index contributed by atoms with van der Waals surface area (Å²) in [5.74, 6) is -0.350. The van der Waals surface area contributed by atoms with Crippen LogP contribution < -0.4 is 11.1 Å². The molecule has 0 atom stereocenters. The fourth-order valence-corrected chi connectivity index (χ4v) is 1.83. The van der Waals surface area contributed by atoms with Crippen LogP contribution in [0.2, 0.25) is 10.0 Å². The van der Waals surface area contributed by atoms with Crippen molar-refractivity contribution in [1.82, 2.24) is 4.98 Å². The first-order valence-electron chi connectivity index (χ1n) is 4.77. The molecule has 0 saturated carbocycles. The van der Waals surface area contributed by atoms with Crippen molar-refractivity contribution in [3.8, 4) is 0 Å². The predicted octanol–water partition coefficient (Wildman–Crippen LogP) is 3.16. The van der Waals surface area contributed by atoms with Crippen LogP contribution >= 0.6 is 23.2 Å². The maximum Gasteiger partial charge on any atom is 0.272 e. The van der Waals surface area contributed by atoms with Crippen molar-refractivity contribution >= 4 is 40.5 Å². The van der Waals surface area contributed by atoms with Gasteiger partial charge in [-0.05, 0) is 18.2 Å². The first-order chi connectivity index (χ1) is 8.08. The molecule has 0 unspecified atom stereocenters. The zero-order valence-electron chi connectivity index (χ0n) is 8.63. The minimum absolute atomic E-state index is 0.346. The number of halogens is 2. The molecule has 2 aromatic rings. The zero-order valence-corrected chi connectivity index (χ0v) is 10.1. The van der Waals surface area contributed by atoms with Crippen LogP contribution in [0.5, 0.6) is 0 Å². The van der Waals surface area contributed by atoms with E-state index in [1.807, 2.05) is 0 Å². The Hall–Kier alpha value is -1.65. The standard InChI is InChI=1S/C11H9Cl2N3O/c12-7-2-1-3-8(13)10(7)16-11(17)9-4-6(14)5-15-9/h1-5,15H,14H2,(H,16,17). The van der Waals surface area contributed by atoms with Crippen molar-refractivity contribution in [2.24, 2.45) is 0 Å². The minimum Gasteiger partial charge on any atom is -0.397 e. The summed E-state index contributed by atoms with van der Waals surface area (Å²) < 4.78 is 0. The maximum absolute atomic E-state index is 11.8. The fourth-order valence-electron chi connectivity index (χ4n) is 1.34. The summed E-state index contributed by atoms with van der Waals surface area (Å²) in [5.41, 5.74) is 6.72. The van der Waals surface area contributed by atoms with Gasteiger partial charge in [0.1, 0.15) is 5.69 Å². The minimum atomic E-state index is -0.350. The van der Waals surface area contributed by atoms with Crippen molar-refractivity contribution in [3.05, 3.63) is 46.2 Å². The van der Waals surface area contributed by atoms with E-state index in [-0.39, 0.29) is 5.91 Å². The second kappa shape index (κ2) is 4.69. The highest BCUT2D eigenvalue weighted by Gasteiger charge is 2.12. The van der Waals surface area contributed by atoms with Crippen molar-refractivity contribution in [1.29, 1.82) is 0 Å². The van der Waals surface area contributed by atoms with Crippen LogP contribution in [0, 0.1) is 0 Å². The third-order valence-corrected chi connectivity index (χ3v) is 2.78. The molecule has 0 spiro atoms. The molecular formula is C11H9Cl2N3O. The smallest absolute Gasteiger partial charge is 0.272 e. The van der Waals surface area contributed by atoms with E-state index < -0.39 is 0 Å². The Labute approximate surface area is 108 Å². The van der Waals surface area contributed by atoms with Gasteiger partial charge in [-0.15, -0.1) is 0 Å². The number of aromatic amines is 1. The van der Waals surface area contributed by atoms with Gasteiger partial charge in [0.05, 0.1) is 15.7 Å². The van der Waals surface area contributed by atoms with Gasteiger partial charge in [-0.1, -0.05) is 29.3 Å². The molecule has 0 fully saturated rings. The number of hydrogen-bond acceptors (Lipinski definition) is 2. The van der Waals surface area contributed by atoms with Crippen molar-refractivity contribution in [3.63, 3.8) is 0 Å². The summed E-state index contributed by atoms with van der Waals surface area (Å²) in [6.07, 6.45) is 1.53. The molecule has 1 aromatic carbocycles. The molecule has 1 heterocycles. The van der Waals surface area contributed by atoms with E-state index in [1.165, 1.54) is 12.3 Å². The summed E-state index contributed by atoms with van der Waals surface area (Å²) in [5, 5.41) is 3.38. The Kier molecular flexibility index (Phi) is 3.26. The van der Waals surface area contributed by atoms with E-state index in [4.69, 9.17) is 28.9 Å². The van der Waals surface area contributed by atoms with E-state index >= 15 is 0 Å². The molecule has 0 aliphatic heterocycles. The average Bonchev–Trinajstić information content (AvgIpc) is 2.70.